The van der Waals surface area contributed by atoms with Crippen molar-refractivity contribution in [3.05, 3.63) is 23.3 Å². The first kappa shape index (κ1) is 29.7. The summed E-state index contributed by atoms with van der Waals surface area (Å²) in [5.74, 6) is -5.52. The van der Waals surface area contributed by atoms with E-state index in [9.17, 15) is 29.4 Å². The first-order valence-corrected chi connectivity index (χ1v) is 12.1. The summed E-state index contributed by atoms with van der Waals surface area (Å²) in [6, 6.07) is 0. The van der Waals surface area contributed by atoms with E-state index in [2.05, 4.69) is 0 Å². The van der Waals surface area contributed by atoms with Crippen molar-refractivity contribution in [2.75, 3.05) is 13.7 Å². The number of rotatable bonds is 6. The molecule has 0 radical (unpaired) electrons. The maximum atomic E-state index is 13.2. The molecule has 2 fully saturated rings. The van der Waals surface area contributed by atoms with Gasteiger partial charge >= 0.3 is 17.9 Å². The SMILES string of the molecule is C/C=C(/C)C(=O)O[C@H]1[C@@H](O)[C@@H]2[C@H](OC(=O)[C@H]2COC)[C@@H](OC(=O)/C(C)=C\C)[C@@](C)(O)C(=O)CC[C@H]1C. The average Bonchev–Trinajstić information content (AvgIpc) is 3.16. The molecule has 8 atom stereocenters. The first-order chi connectivity index (χ1) is 16.8. The smallest absolute Gasteiger partial charge is 0.333 e. The van der Waals surface area contributed by atoms with Crippen LogP contribution in [0.25, 0.3) is 0 Å². The van der Waals surface area contributed by atoms with Crippen LogP contribution in [-0.4, -0.2) is 77.6 Å². The Hall–Kier alpha value is -2.56. The van der Waals surface area contributed by atoms with Crippen molar-refractivity contribution in [3.8, 4) is 0 Å². The minimum Gasteiger partial charge on any atom is -0.458 e. The zero-order valence-electron chi connectivity index (χ0n) is 22.0. The third kappa shape index (κ3) is 6.04. The molecule has 0 aromatic rings. The quantitative estimate of drug-likeness (QED) is 0.307. The number of aliphatic hydroxyl groups excluding tert-OH is 1. The van der Waals surface area contributed by atoms with Gasteiger partial charge in [-0.25, -0.2) is 9.59 Å². The zero-order chi connectivity index (χ0) is 27.4. The highest BCUT2D eigenvalue weighted by molar-refractivity contribution is 5.91. The highest BCUT2D eigenvalue weighted by atomic mass is 16.6. The van der Waals surface area contributed by atoms with Crippen LogP contribution in [0.5, 0.6) is 0 Å². The second-order valence-corrected chi connectivity index (χ2v) is 9.76. The summed E-state index contributed by atoms with van der Waals surface area (Å²) in [5, 5.41) is 22.9. The minimum atomic E-state index is -2.22. The van der Waals surface area contributed by atoms with Gasteiger partial charge < -0.3 is 29.2 Å². The Bertz CT molecular complexity index is 918. The van der Waals surface area contributed by atoms with Crippen molar-refractivity contribution >= 4 is 23.7 Å². The number of carbonyl (C=O) groups excluding carboxylic acids is 4. The predicted octanol–water partition coefficient (Wildman–Crippen LogP) is 1.66. The number of carbonyl (C=O) groups is 4. The Labute approximate surface area is 211 Å². The molecular formula is C26H38O10. The van der Waals surface area contributed by atoms with Crippen molar-refractivity contribution in [2.24, 2.45) is 17.8 Å². The number of Topliss-reactive ketones (excluding diaryl/α,β-unsaturated/α-hetero) is 1. The number of ether oxygens (including phenoxy) is 4. The molecule has 1 saturated carbocycles. The van der Waals surface area contributed by atoms with E-state index in [0.29, 0.717) is 5.57 Å². The lowest BCUT2D eigenvalue weighted by atomic mass is 9.73. The van der Waals surface area contributed by atoms with Crippen LogP contribution in [0.3, 0.4) is 0 Å². The maximum Gasteiger partial charge on any atom is 0.333 e. The molecule has 10 heteroatoms. The van der Waals surface area contributed by atoms with Crippen LogP contribution in [0.15, 0.2) is 23.3 Å². The third-order valence-corrected chi connectivity index (χ3v) is 7.27. The van der Waals surface area contributed by atoms with Gasteiger partial charge in [-0.15, -0.1) is 0 Å². The van der Waals surface area contributed by atoms with Crippen LogP contribution in [0.4, 0.5) is 0 Å². The van der Waals surface area contributed by atoms with Gasteiger partial charge in [0, 0.05) is 30.6 Å². The van der Waals surface area contributed by atoms with Crippen LogP contribution >= 0.6 is 0 Å². The van der Waals surface area contributed by atoms with E-state index in [-0.39, 0.29) is 25.0 Å². The highest BCUT2D eigenvalue weighted by Gasteiger charge is 2.60. The van der Waals surface area contributed by atoms with Crippen molar-refractivity contribution < 1.29 is 48.3 Å². The van der Waals surface area contributed by atoms with Gasteiger partial charge in [0.15, 0.2) is 17.5 Å². The Balaban J connectivity index is 2.65. The molecule has 0 aromatic heterocycles. The molecule has 2 aliphatic rings. The Kier molecular flexibility index (Phi) is 9.99. The van der Waals surface area contributed by atoms with E-state index >= 15 is 0 Å². The predicted molar refractivity (Wildman–Crippen MR) is 127 cm³/mol. The first-order valence-electron chi connectivity index (χ1n) is 12.1. The van der Waals surface area contributed by atoms with E-state index in [1.807, 2.05) is 0 Å². The normalized spacial score (nSPS) is 36.1. The van der Waals surface area contributed by atoms with Gasteiger partial charge in [-0.2, -0.15) is 0 Å². The lowest BCUT2D eigenvalue weighted by Gasteiger charge is -2.41. The van der Waals surface area contributed by atoms with Gasteiger partial charge in [-0.05, 0) is 47.0 Å². The van der Waals surface area contributed by atoms with Crippen LogP contribution < -0.4 is 0 Å². The van der Waals surface area contributed by atoms with Gasteiger partial charge in [-0.1, -0.05) is 19.1 Å². The van der Waals surface area contributed by atoms with Gasteiger partial charge in [0.1, 0.15) is 12.2 Å². The molecule has 0 bridgehead atoms. The fourth-order valence-corrected chi connectivity index (χ4v) is 4.58. The maximum absolute atomic E-state index is 13.2. The lowest BCUT2D eigenvalue weighted by molar-refractivity contribution is -0.195. The molecule has 36 heavy (non-hydrogen) atoms. The van der Waals surface area contributed by atoms with Crippen molar-refractivity contribution in [2.45, 2.75) is 84.4 Å². The Morgan fingerprint density at radius 3 is 2.19 bits per heavy atom. The van der Waals surface area contributed by atoms with E-state index in [1.165, 1.54) is 27.0 Å². The molecule has 1 heterocycles. The van der Waals surface area contributed by atoms with Crippen molar-refractivity contribution in [1.29, 1.82) is 0 Å². The molecule has 0 unspecified atom stereocenters. The highest BCUT2D eigenvalue weighted by Crippen LogP contribution is 2.42. The summed E-state index contributed by atoms with van der Waals surface area (Å²) in [6.07, 6.45) is -2.53. The van der Waals surface area contributed by atoms with Gasteiger partial charge in [0.05, 0.1) is 18.6 Å². The number of esters is 3. The molecule has 1 saturated heterocycles. The Morgan fingerprint density at radius 1 is 1.11 bits per heavy atom. The summed E-state index contributed by atoms with van der Waals surface area (Å²) in [7, 11) is 1.37. The van der Waals surface area contributed by atoms with Gasteiger partial charge in [-0.3, -0.25) is 9.59 Å². The molecule has 0 aromatic carbocycles. The number of fused-ring (bicyclic) bond motifs is 1. The summed E-state index contributed by atoms with van der Waals surface area (Å²) in [6.45, 7) is 9.13. The summed E-state index contributed by atoms with van der Waals surface area (Å²) in [5.41, 5.74) is -1.69. The van der Waals surface area contributed by atoms with Crippen molar-refractivity contribution in [3.63, 3.8) is 0 Å². The van der Waals surface area contributed by atoms with Gasteiger partial charge in [0.25, 0.3) is 0 Å². The molecule has 10 nitrogen and oxygen atoms in total. The van der Waals surface area contributed by atoms with Crippen LogP contribution in [0.1, 0.15) is 54.4 Å². The van der Waals surface area contributed by atoms with E-state index in [1.54, 1.807) is 33.8 Å². The molecular weight excluding hydrogens is 472 g/mol. The molecule has 0 amide bonds. The molecule has 1 aliphatic carbocycles. The van der Waals surface area contributed by atoms with Gasteiger partial charge in [0.2, 0.25) is 0 Å². The summed E-state index contributed by atoms with van der Waals surface area (Å²) >= 11 is 0. The van der Waals surface area contributed by atoms with E-state index in [4.69, 9.17) is 18.9 Å². The number of hydrogen-bond acceptors (Lipinski definition) is 10. The molecule has 2 N–H and O–H groups in total. The fraction of sp³-hybridized carbons (Fsp3) is 0.692. The third-order valence-electron chi connectivity index (χ3n) is 7.27. The topological polar surface area (TPSA) is 146 Å². The molecule has 2 rings (SSSR count). The number of methoxy groups -OCH3 is 1. The minimum absolute atomic E-state index is 0.148. The van der Waals surface area contributed by atoms with Crippen LogP contribution in [0.2, 0.25) is 0 Å². The van der Waals surface area contributed by atoms with Crippen LogP contribution in [-0.2, 0) is 38.1 Å². The summed E-state index contributed by atoms with van der Waals surface area (Å²) in [4.78, 5) is 51.4. The van der Waals surface area contributed by atoms with Crippen molar-refractivity contribution in [1.82, 2.24) is 0 Å². The number of aliphatic hydroxyl groups is 2. The Morgan fingerprint density at radius 2 is 1.67 bits per heavy atom. The molecule has 202 valence electrons. The zero-order valence-corrected chi connectivity index (χ0v) is 22.0. The standard InChI is InChI=1S/C26H38O10/c1-8-13(3)23(29)34-20-15(5)10-11-17(27)26(6,32)22(36-24(30)14(4)9-2)21-18(19(20)28)16(12-33-7)25(31)35-21/h8-9,15-16,18-22,28,32H,10-12H2,1-7H3/b13-8-,14-9-/t15-,16+,18-,19+,20-,21+,22-,26+/m1/s1. The number of hydrogen-bond donors (Lipinski definition) is 2. The monoisotopic (exact) mass is 510 g/mol. The summed E-state index contributed by atoms with van der Waals surface area (Å²) < 4.78 is 22.0. The van der Waals surface area contributed by atoms with Crippen LogP contribution in [0, 0.1) is 17.8 Å². The second-order valence-electron chi connectivity index (χ2n) is 9.76. The van der Waals surface area contributed by atoms with E-state index in [0.717, 1.165) is 0 Å². The molecule has 1 aliphatic heterocycles. The lowest BCUT2D eigenvalue weighted by Crippen LogP contribution is -2.60. The van der Waals surface area contributed by atoms with E-state index < -0.39 is 71.5 Å². The second kappa shape index (κ2) is 12.1. The fourth-order valence-electron chi connectivity index (χ4n) is 4.58. The number of ketones is 1. The largest absolute Gasteiger partial charge is 0.458 e. The molecule has 0 spiro atoms. The number of allylic oxidation sites excluding steroid dienone is 2. The average molecular weight is 511 g/mol.